The second-order valence-electron chi connectivity index (χ2n) is 10.8. The zero-order chi connectivity index (χ0) is 33.6. The fourth-order valence-electron chi connectivity index (χ4n) is 3.99. The quantitative estimate of drug-likeness (QED) is 0.0503. The molecular weight excluding hydrogens is 572 g/mol. The Morgan fingerprint density at radius 1 is 0.500 bits per heavy atom. The summed E-state index contributed by atoms with van der Waals surface area (Å²) in [5.41, 5.74) is 0. The summed E-state index contributed by atoms with van der Waals surface area (Å²) >= 11 is 0. The summed E-state index contributed by atoms with van der Waals surface area (Å²) in [6.07, 6.45) is 51.5. The van der Waals surface area contributed by atoms with E-state index in [9.17, 15) is 14.7 Å². The summed E-state index contributed by atoms with van der Waals surface area (Å²) in [6, 6.07) is 0. The molecule has 1 atom stereocenters. The Kier molecular flexibility index (Phi) is 33.3. The minimum absolute atomic E-state index is 0.120. The van der Waals surface area contributed by atoms with Crippen LogP contribution in [0.25, 0.3) is 0 Å². The predicted molar refractivity (Wildman–Crippen MR) is 195 cm³/mol. The molecule has 0 rings (SSSR count). The van der Waals surface area contributed by atoms with Crippen molar-refractivity contribution in [1.29, 1.82) is 0 Å². The molecule has 0 aromatic rings. The molecule has 0 aliphatic rings. The fraction of sp³-hybridized carbons (Fsp3) is 0.512. The molecule has 5 nitrogen and oxygen atoms in total. The average molecular weight is 635 g/mol. The molecule has 0 aliphatic carbocycles. The summed E-state index contributed by atoms with van der Waals surface area (Å²) in [5.74, 6) is -0.724. The lowest BCUT2D eigenvalue weighted by atomic mass is 10.2. The van der Waals surface area contributed by atoms with Gasteiger partial charge in [-0.3, -0.25) is 9.59 Å². The molecule has 0 fully saturated rings. The third-order valence-corrected chi connectivity index (χ3v) is 6.56. The van der Waals surface area contributed by atoms with Crippen molar-refractivity contribution in [1.82, 2.24) is 0 Å². The first-order chi connectivity index (χ1) is 22.6. The Bertz CT molecular complexity index is 990. The number of aliphatic hydroxyl groups is 1. The monoisotopic (exact) mass is 634 g/mol. The van der Waals surface area contributed by atoms with Gasteiger partial charge in [-0.15, -0.1) is 0 Å². The maximum absolute atomic E-state index is 12.1. The number of carbonyl (C=O) groups excluding carboxylic acids is 2. The predicted octanol–water partition coefficient (Wildman–Crippen LogP) is 10.7. The average Bonchev–Trinajstić information content (AvgIpc) is 3.06. The van der Waals surface area contributed by atoms with E-state index in [-0.39, 0.29) is 38.0 Å². The molecule has 46 heavy (non-hydrogen) atoms. The molecule has 0 spiro atoms. The van der Waals surface area contributed by atoms with Gasteiger partial charge in [0.1, 0.15) is 6.61 Å². The summed E-state index contributed by atoms with van der Waals surface area (Å²) < 4.78 is 10.5. The van der Waals surface area contributed by atoms with Crippen molar-refractivity contribution in [2.75, 3.05) is 13.2 Å². The highest BCUT2D eigenvalue weighted by molar-refractivity contribution is 5.70. The number of rotatable bonds is 29. The SMILES string of the molecule is CCC=CCC=CCC=CCC=CCC=CCCCC(=O)OC[C@H](CO)OC(=O)CCCCC=CCC=CCC=CCC=CCC. The van der Waals surface area contributed by atoms with E-state index in [2.05, 4.69) is 123 Å². The highest BCUT2D eigenvalue weighted by atomic mass is 16.6. The van der Waals surface area contributed by atoms with Gasteiger partial charge in [0.05, 0.1) is 6.61 Å². The third kappa shape index (κ3) is 33.5. The highest BCUT2D eigenvalue weighted by Gasteiger charge is 2.15. The molecule has 0 saturated carbocycles. The number of unbranched alkanes of at least 4 members (excludes halogenated alkanes) is 3. The second-order valence-corrected chi connectivity index (χ2v) is 10.8. The maximum Gasteiger partial charge on any atom is 0.306 e. The summed E-state index contributed by atoms with van der Waals surface area (Å²) in [6.45, 7) is 3.78. The number of carbonyl (C=O) groups is 2. The first-order valence-corrected chi connectivity index (χ1v) is 17.4. The molecular formula is C41H62O5. The molecule has 0 unspecified atom stereocenters. The second kappa shape index (κ2) is 36.0. The van der Waals surface area contributed by atoms with E-state index in [1.807, 2.05) is 0 Å². The lowest BCUT2D eigenvalue weighted by molar-refractivity contribution is -0.161. The van der Waals surface area contributed by atoms with Crippen LogP contribution in [0.4, 0.5) is 0 Å². The van der Waals surface area contributed by atoms with Crippen LogP contribution in [0, 0.1) is 0 Å². The Hall–Kier alpha value is -3.44. The van der Waals surface area contributed by atoms with Crippen LogP contribution in [0.1, 0.15) is 117 Å². The zero-order valence-corrected chi connectivity index (χ0v) is 28.8. The Morgan fingerprint density at radius 2 is 0.870 bits per heavy atom. The van der Waals surface area contributed by atoms with Gasteiger partial charge in [-0.05, 0) is 89.9 Å². The highest BCUT2D eigenvalue weighted by Crippen LogP contribution is 2.07. The van der Waals surface area contributed by atoms with Gasteiger partial charge in [0.25, 0.3) is 0 Å². The lowest BCUT2D eigenvalue weighted by Gasteiger charge is -2.15. The molecule has 0 heterocycles. The van der Waals surface area contributed by atoms with Crippen LogP contribution in [-0.4, -0.2) is 36.4 Å². The minimum atomic E-state index is -0.822. The first-order valence-electron chi connectivity index (χ1n) is 17.4. The maximum atomic E-state index is 12.1. The van der Waals surface area contributed by atoms with Gasteiger partial charge in [0.2, 0.25) is 0 Å². The zero-order valence-electron chi connectivity index (χ0n) is 28.8. The van der Waals surface area contributed by atoms with Crippen LogP contribution in [0.15, 0.2) is 109 Å². The van der Waals surface area contributed by atoms with Crippen LogP contribution in [-0.2, 0) is 19.1 Å². The number of hydrogen-bond donors (Lipinski definition) is 1. The number of esters is 2. The molecule has 0 aromatic heterocycles. The standard InChI is InChI=1S/C41H62O5/c1-3-5-7-9-11-13-15-17-19-20-22-23-25-27-29-31-33-35-40(43)45-38-39(37-42)46-41(44)36-34-32-30-28-26-24-21-18-16-14-12-10-8-6-4-2/h5-8,11-14,17-19,21-23,26-29,39,42H,3-4,9-10,15-16,20,24-25,30-38H2,1-2H3/t39-/m0/s1. The topological polar surface area (TPSA) is 72.8 Å². The van der Waals surface area contributed by atoms with Crippen LogP contribution in [0.2, 0.25) is 0 Å². The van der Waals surface area contributed by atoms with Gasteiger partial charge in [-0.2, -0.15) is 0 Å². The van der Waals surface area contributed by atoms with Crippen molar-refractivity contribution in [3.63, 3.8) is 0 Å². The van der Waals surface area contributed by atoms with Crippen molar-refractivity contribution in [3.05, 3.63) is 109 Å². The summed E-state index contributed by atoms with van der Waals surface area (Å²) in [4.78, 5) is 24.1. The first kappa shape index (κ1) is 42.6. The van der Waals surface area contributed by atoms with E-state index >= 15 is 0 Å². The number of aliphatic hydroxyl groups excluding tert-OH is 1. The minimum Gasteiger partial charge on any atom is -0.462 e. The van der Waals surface area contributed by atoms with Gasteiger partial charge in [0, 0.05) is 12.8 Å². The van der Waals surface area contributed by atoms with Crippen molar-refractivity contribution < 1.29 is 24.2 Å². The molecule has 0 amide bonds. The van der Waals surface area contributed by atoms with E-state index in [1.165, 1.54) is 0 Å². The molecule has 5 heteroatoms. The molecule has 256 valence electrons. The molecule has 0 bridgehead atoms. The van der Waals surface area contributed by atoms with Crippen molar-refractivity contribution >= 4 is 11.9 Å². The molecule has 0 aliphatic heterocycles. The van der Waals surface area contributed by atoms with Crippen molar-refractivity contribution in [2.45, 2.75) is 123 Å². The van der Waals surface area contributed by atoms with Crippen LogP contribution in [0.3, 0.4) is 0 Å². The molecule has 1 N–H and O–H groups in total. The van der Waals surface area contributed by atoms with Gasteiger partial charge >= 0.3 is 11.9 Å². The fourth-order valence-corrected chi connectivity index (χ4v) is 3.99. The van der Waals surface area contributed by atoms with Crippen LogP contribution >= 0.6 is 0 Å². The van der Waals surface area contributed by atoms with E-state index < -0.39 is 6.10 Å². The normalized spacial score (nSPS) is 13.5. The van der Waals surface area contributed by atoms with Gasteiger partial charge in [-0.1, -0.05) is 123 Å². The number of ether oxygens (including phenoxy) is 2. The van der Waals surface area contributed by atoms with Crippen LogP contribution in [0.5, 0.6) is 0 Å². The summed E-state index contributed by atoms with van der Waals surface area (Å²) in [7, 11) is 0. The Morgan fingerprint density at radius 3 is 1.28 bits per heavy atom. The van der Waals surface area contributed by atoms with Crippen molar-refractivity contribution in [2.24, 2.45) is 0 Å². The number of hydrogen-bond acceptors (Lipinski definition) is 5. The van der Waals surface area contributed by atoms with E-state index in [0.717, 1.165) is 77.0 Å². The van der Waals surface area contributed by atoms with E-state index in [0.29, 0.717) is 12.8 Å². The smallest absolute Gasteiger partial charge is 0.306 e. The van der Waals surface area contributed by atoms with Crippen molar-refractivity contribution in [3.8, 4) is 0 Å². The van der Waals surface area contributed by atoms with Gasteiger partial charge in [0.15, 0.2) is 6.10 Å². The molecule has 0 radical (unpaired) electrons. The van der Waals surface area contributed by atoms with Gasteiger partial charge < -0.3 is 14.6 Å². The van der Waals surface area contributed by atoms with Gasteiger partial charge in [-0.25, -0.2) is 0 Å². The Balaban J connectivity index is 3.81. The largest absolute Gasteiger partial charge is 0.462 e. The molecule has 0 saturated heterocycles. The number of allylic oxidation sites excluding steroid dienone is 18. The van der Waals surface area contributed by atoms with E-state index in [1.54, 1.807) is 0 Å². The molecule has 0 aromatic carbocycles. The lowest BCUT2D eigenvalue weighted by Crippen LogP contribution is -2.28. The third-order valence-electron chi connectivity index (χ3n) is 6.56. The van der Waals surface area contributed by atoms with Crippen LogP contribution < -0.4 is 0 Å². The van der Waals surface area contributed by atoms with E-state index in [4.69, 9.17) is 9.47 Å². The Labute approximate surface area is 280 Å². The summed E-state index contributed by atoms with van der Waals surface area (Å²) in [5, 5.41) is 9.51.